The number of hydrogen-bond acceptors (Lipinski definition) is 4. The molecule has 0 aliphatic rings. The van der Waals surface area contributed by atoms with Gasteiger partial charge in [-0.2, -0.15) is 13.2 Å². The molecule has 1 heterocycles. The van der Waals surface area contributed by atoms with Crippen molar-refractivity contribution in [3.8, 4) is 16.9 Å². The lowest BCUT2D eigenvalue weighted by Gasteiger charge is -2.14. The predicted octanol–water partition coefficient (Wildman–Crippen LogP) is 7.06. The molecule has 34 heavy (non-hydrogen) atoms. The van der Waals surface area contributed by atoms with Crippen LogP contribution in [0.5, 0.6) is 5.75 Å². The molecular weight excluding hydrogens is 469 g/mol. The van der Waals surface area contributed by atoms with E-state index in [0.717, 1.165) is 17.2 Å². The summed E-state index contributed by atoms with van der Waals surface area (Å²) in [7, 11) is 0. The second-order valence-corrected chi connectivity index (χ2v) is 7.84. The minimum atomic E-state index is -4.97. The highest BCUT2D eigenvalue weighted by Gasteiger charge is 2.39. The van der Waals surface area contributed by atoms with Crippen molar-refractivity contribution in [2.45, 2.75) is 13.1 Å². The maximum absolute atomic E-state index is 13.8. The second kappa shape index (κ2) is 9.19. The summed E-state index contributed by atoms with van der Waals surface area (Å²) in [6.45, 7) is 1.93. The van der Waals surface area contributed by atoms with Crippen LogP contribution in [0.3, 0.4) is 0 Å². The Hall–Kier alpha value is -3.84. The summed E-state index contributed by atoms with van der Waals surface area (Å²) >= 11 is 6.06. The minimum absolute atomic E-state index is 0.0226. The molecule has 0 unspecified atom stereocenters. The zero-order valence-electron chi connectivity index (χ0n) is 17.7. The normalized spacial score (nSPS) is 11.8. The van der Waals surface area contributed by atoms with Crippen LogP contribution in [-0.2, 0) is 11.0 Å². The molecular formula is C26H16ClF3O4. The molecule has 0 bridgehead atoms. The van der Waals surface area contributed by atoms with Crippen molar-refractivity contribution in [2.75, 3.05) is 0 Å². The van der Waals surface area contributed by atoms with Crippen LogP contribution in [0.1, 0.15) is 16.9 Å². The van der Waals surface area contributed by atoms with Crippen LogP contribution >= 0.6 is 11.6 Å². The number of fused-ring (bicyclic) bond motifs is 1. The maximum atomic E-state index is 13.8. The highest BCUT2D eigenvalue weighted by Crippen LogP contribution is 2.39. The fourth-order valence-electron chi connectivity index (χ4n) is 3.34. The third-order valence-corrected chi connectivity index (χ3v) is 5.30. The molecule has 0 aliphatic carbocycles. The summed E-state index contributed by atoms with van der Waals surface area (Å²) < 4.78 is 51.7. The average molecular weight is 485 g/mol. The van der Waals surface area contributed by atoms with Gasteiger partial charge >= 0.3 is 12.1 Å². The van der Waals surface area contributed by atoms with Crippen molar-refractivity contribution in [1.29, 1.82) is 0 Å². The van der Waals surface area contributed by atoms with Gasteiger partial charge in [-0.15, -0.1) is 0 Å². The first-order valence-corrected chi connectivity index (χ1v) is 10.4. The predicted molar refractivity (Wildman–Crippen MR) is 124 cm³/mol. The fraction of sp³-hybridized carbons (Fsp3) is 0.0769. The Morgan fingerprint density at radius 2 is 1.74 bits per heavy atom. The topological polar surface area (TPSA) is 56.5 Å². The molecule has 172 valence electrons. The summed E-state index contributed by atoms with van der Waals surface area (Å²) in [6, 6.07) is 16.7. The summed E-state index contributed by atoms with van der Waals surface area (Å²) in [5.74, 6) is -2.31. The Bertz CT molecular complexity index is 1470. The van der Waals surface area contributed by atoms with Crippen molar-refractivity contribution >= 4 is 34.6 Å². The summed E-state index contributed by atoms with van der Waals surface area (Å²) in [5.41, 5.74) is -0.220. The first kappa shape index (κ1) is 23.3. The van der Waals surface area contributed by atoms with Crippen LogP contribution in [0.25, 0.3) is 28.2 Å². The van der Waals surface area contributed by atoms with Crippen molar-refractivity contribution in [3.63, 3.8) is 0 Å². The molecule has 0 saturated heterocycles. The number of ether oxygens (including phenoxy) is 1. The molecule has 0 amide bonds. The zero-order valence-corrected chi connectivity index (χ0v) is 18.4. The lowest BCUT2D eigenvalue weighted by atomic mass is 10.0. The van der Waals surface area contributed by atoms with Crippen LogP contribution in [0, 0.1) is 6.92 Å². The molecule has 8 heteroatoms. The Kier molecular flexibility index (Phi) is 6.30. The third kappa shape index (κ3) is 4.89. The number of esters is 1. The van der Waals surface area contributed by atoms with E-state index < -0.39 is 28.9 Å². The summed E-state index contributed by atoms with van der Waals surface area (Å²) in [5, 5.41) is -0.136. The minimum Gasteiger partial charge on any atom is -0.450 e. The molecule has 3 aromatic carbocycles. The quantitative estimate of drug-likeness (QED) is 0.177. The first-order valence-electron chi connectivity index (χ1n) is 10.0. The number of rotatable bonds is 4. The first-order chi connectivity index (χ1) is 16.1. The van der Waals surface area contributed by atoms with Gasteiger partial charge in [0.1, 0.15) is 11.3 Å². The number of alkyl halides is 3. The van der Waals surface area contributed by atoms with E-state index in [2.05, 4.69) is 0 Å². The molecule has 0 spiro atoms. The van der Waals surface area contributed by atoms with E-state index in [9.17, 15) is 22.8 Å². The van der Waals surface area contributed by atoms with E-state index in [1.165, 1.54) is 42.5 Å². The lowest BCUT2D eigenvalue weighted by Crippen LogP contribution is -2.16. The second-order valence-electron chi connectivity index (χ2n) is 7.44. The van der Waals surface area contributed by atoms with E-state index in [4.69, 9.17) is 20.8 Å². The van der Waals surface area contributed by atoms with Crippen LogP contribution in [0.15, 0.2) is 82.0 Å². The van der Waals surface area contributed by atoms with Crippen LogP contribution in [0.4, 0.5) is 13.2 Å². The number of benzene rings is 3. The van der Waals surface area contributed by atoms with E-state index in [1.54, 1.807) is 6.08 Å². The highest BCUT2D eigenvalue weighted by atomic mass is 35.5. The van der Waals surface area contributed by atoms with Crippen LogP contribution in [-0.4, -0.2) is 5.97 Å². The van der Waals surface area contributed by atoms with Gasteiger partial charge in [0.25, 0.3) is 0 Å². The van der Waals surface area contributed by atoms with E-state index in [1.807, 2.05) is 31.2 Å². The number of halogens is 4. The van der Waals surface area contributed by atoms with E-state index in [0.29, 0.717) is 0 Å². The summed E-state index contributed by atoms with van der Waals surface area (Å²) in [6.07, 6.45) is -2.24. The monoisotopic (exact) mass is 484 g/mol. The molecule has 1 aromatic heterocycles. The molecule has 4 nitrogen and oxygen atoms in total. The van der Waals surface area contributed by atoms with Crippen molar-refractivity contribution in [2.24, 2.45) is 0 Å². The molecule has 0 saturated carbocycles. The van der Waals surface area contributed by atoms with Gasteiger partial charge in [-0.3, -0.25) is 4.79 Å². The zero-order chi connectivity index (χ0) is 24.5. The Morgan fingerprint density at radius 1 is 1.03 bits per heavy atom. The van der Waals surface area contributed by atoms with Gasteiger partial charge < -0.3 is 9.15 Å². The van der Waals surface area contributed by atoms with Gasteiger partial charge in [0.2, 0.25) is 11.2 Å². The van der Waals surface area contributed by atoms with Gasteiger partial charge in [-0.25, -0.2) is 4.79 Å². The SMILES string of the molecule is Cc1ccc(/C=C/C(=O)Oc2ccc3c(=O)c(-c4ccccc4Cl)c(C(F)(F)F)oc3c2)cc1. The van der Waals surface area contributed by atoms with Gasteiger partial charge in [-0.05, 0) is 36.8 Å². The molecule has 0 radical (unpaired) electrons. The van der Waals surface area contributed by atoms with E-state index in [-0.39, 0.29) is 27.3 Å². The smallest absolute Gasteiger partial charge is 0.450 e. The van der Waals surface area contributed by atoms with Gasteiger partial charge in [0.15, 0.2) is 0 Å². The number of carbonyl (C=O) groups is 1. The van der Waals surface area contributed by atoms with Crippen molar-refractivity contribution in [1.82, 2.24) is 0 Å². The molecule has 0 aliphatic heterocycles. The van der Waals surface area contributed by atoms with Gasteiger partial charge in [0.05, 0.1) is 10.9 Å². The van der Waals surface area contributed by atoms with Crippen LogP contribution in [0.2, 0.25) is 5.02 Å². The van der Waals surface area contributed by atoms with Gasteiger partial charge in [0, 0.05) is 22.7 Å². The summed E-state index contributed by atoms with van der Waals surface area (Å²) in [4.78, 5) is 25.2. The van der Waals surface area contributed by atoms with Crippen LogP contribution < -0.4 is 10.2 Å². The lowest BCUT2D eigenvalue weighted by molar-refractivity contribution is -0.152. The van der Waals surface area contributed by atoms with Crippen molar-refractivity contribution < 1.29 is 27.1 Å². The average Bonchev–Trinajstić information content (AvgIpc) is 2.78. The Morgan fingerprint density at radius 3 is 2.41 bits per heavy atom. The maximum Gasteiger partial charge on any atom is 0.450 e. The molecule has 0 N–H and O–H groups in total. The number of hydrogen-bond donors (Lipinski definition) is 0. The highest BCUT2D eigenvalue weighted by molar-refractivity contribution is 6.33. The standard InChI is InChI=1S/C26H16ClF3O4/c1-15-6-8-16(9-7-15)10-13-22(31)33-17-11-12-19-21(14-17)34-25(26(28,29)30)23(24(19)32)18-4-2-3-5-20(18)27/h2-14H,1H3/b13-10+. The van der Waals surface area contributed by atoms with E-state index >= 15 is 0 Å². The van der Waals surface area contributed by atoms with Crippen molar-refractivity contribution in [3.05, 3.63) is 105 Å². The largest absolute Gasteiger partial charge is 0.450 e. The number of carbonyl (C=O) groups excluding carboxylic acids is 1. The molecule has 4 aromatic rings. The third-order valence-electron chi connectivity index (χ3n) is 4.97. The number of aryl methyl sites for hydroxylation is 1. The van der Waals surface area contributed by atoms with Gasteiger partial charge in [-0.1, -0.05) is 59.6 Å². The molecule has 0 atom stereocenters. The fourth-order valence-corrected chi connectivity index (χ4v) is 3.57. The Balaban J connectivity index is 1.72. The molecule has 0 fully saturated rings. The molecule has 4 rings (SSSR count). The Labute approximate surface area is 196 Å².